The molecule has 1 saturated heterocycles. The molecule has 1 atom stereocenters. The lowest BCUT2D eigenvalue weighted by atomic mass is 10.2. The highest BCUT2D eigenvalue weighted by Crippen LogP contribution is 2.22. The molecule has 1 heterocycles. The zero-order chi connectivity index (χ0) is 14.0. The molecule has 1 aromatic rings. The molecule has 19 heavy (non-hydrogen) atoms. The molecular weight excluding hydrogens is 270 g/mol. The first kappa shape index (κ1) is 14.0. The van der Waals surface area contributed by atoms with Gasteiger partial charge in [-0.3, -0.25) is 0 Å². The second kappa shape index (κ2) is 5.28. The molecule has 1 fully saturated rings. The predicted octanol–water partition coefficient (Wildman–Crippen LogP) is 1.14. The summed E-state index contributed by atoms with van der Waals surface area (Å²) < 4.78 is 31.4. The van der Waals surface area contributed by atoms with Gasteiger partial charge in [0.2, 0.25) is 10.0 Å². The van der Waals surface area contributed by atoms with Crippen molar-refractivity contribution in [3.8, 4) is 0 Å². The molecule has 2 rings (SSSR count). The van der Waals surface area contributed by atoms with Crippen LogP contribution in [-0.2, 0) is 14.8 Å². The molecule has 1 aliphatic rings. The summed E-state index contributed by atoms with van der Waals surface area (Å²) in [6.07, 6.45) is 0.148. The fourth-order valence-electron chi connectivity index (χ4n) is 1.96. The monoisotopic (exact) mass is 285 g/mol. The van der Waals surface area contributed by atoms with E-state index in [4.69, 9.17) is 9.84 Å². The van der Waals surface area contributed by atoms with Crippen molar-refractivity contribution < 1.29 is 23.1 Å². The minimum absolute atomic E-state index is 0.0573. The molecule has 1 aromatic carbocycles. The molecule has 1 aliphatic heterocycles. The maximum Gasteiger partial charge on any atom is 0.335 e. The summed E-state index contributed by atoms with van der Waals surface area (Å²) in [6.45, 7) is 2.64. The van der Waals surface area contributed by atoms with Gasteiger partial charge in [-0.1, -0.05) is 0 Å². The predicted molar refractivity (Wildman–Crippen MR) is 67.3 cm³/mol. The number of benzene rings is 1. The van der Waals surface area contributed by atoms with Crippen molar-refractivity contribution in [2.45, 2.75) is 24.5 Å². The molecule has 6 nitrogen and oxygen atoms in total. The highest BCUT2D eigenvalue weighted by Gasteiger charge is 2.31. The summed E-state index contributed by atoms with van der Waals surface area (Å²) >= 11 is 0. The van der Waals surface area contributed by atoms with Gasteiger partial charge in [0.1, 0.15) is 6.23 Å². The van der Waals surface area contributed by atoms with Gasteiger partial charge < -0.3 is 9.84 Å². The molecule has 0 aromatic heterocycles. The minimum atomic E-state index is -3.64. The quantitative estimate of drug-likeness (QED) is 0.900. The fraction of sp³-hybridized carbons (Fsp3) is 0.417. The van der Waals surface area contributed by atoms with Crippen LogP contribution in [0.1, 0.15) is 23.7 Å². The van der Waals surface area contributed by atoms with E-state index in [0.29, 0.717) is 19.6 Å². The standard InChI is InChI=1S/C12H15NO5S/c1-9-13(7-2-8-18-9)19(16,17)11-5-3-10(4-6-11)12(14)15/h3-6,9H,2,7-8H2,1H3,(H,14,15). The fourth-order valence-corrected chi connectivity index (χ4v) is 3.53. The van der Waals surface area contributed by atoms with E-state index in [2.05, 4.69) is 0 Å². The topological polar surface area (TPSA) is 83.9 Å². The summed E-state index contributed by atoms with van der Waals surface area (Å²) in [7, 11) is -3.64. The highest BCUT2D eigenvalue weighted by atomic mass is 32.2. The van der Waals surface area contributed by atoms with E-state index in [1.165, 1.54) is 28.6 Å². The number of nitrogens with zero attached hydrogens (tertiary/aromatic N) is 1. The molecule has 0 spiro atoms. The van der Waals surface area contributed by atoms with Crippen LogP contribution in [0.3, 0.4) is 0 Å². The highest BCUT2D eigenvalue weighted by molar-refractivity contribution is 7.89. The maximum atomic E-state index is 12.4. The van der Waals surface area contributed by atoms with Crippen LogP contribution < -0.4 is 0 Å². The number of ether oxygens (including phenoxy) is 1. The molecule has 1 N–H and O–H groups in total. The lowest BCUT2D eigenvalue weighted by Crippen LogP contribution is -2.44. The van der Waals surface area contributed by atoms with Gasteiger partial charge >= 0.3 is 5.97 Å². The van der Waals surface area contributed by atoms with Crippen molar-refractivity contribution in [1.29, 1.82) is 0 Å². The largest absolute Gasteiger partial charge is 0.478 e. The number of rotatable bonds is 3. The van der Waals surface area contributed by atoms with Crippen LogP contribution >= 0.6 is 0 Å². The van der Waals surface area contributed by atoms with Crippen LogP contribution in [0.5, 0.6) is 0 Å². The van der Waals surface area contributed by atoms with Gasteiger partial charge in [-0.05, 0) is 37.6 Å². The van der Waals surface area contributed by atoms with Crippen molar-refractivity contribution >= 4 is 16.0 Å². The van der Waals surface area contributed by atoms with Crippen molar-refractivity contribution in [1.82, 2.24) is 4.31 Å². The van der Waals surface area contributed by atoms with Crippen LogP contribution in [-0.4, -0.2) is 43.2 Å². The Labute approximate surface area is 111 Å². The zero-order valence-corrected chi connectivity index (χ0v) is 11.3. The Kier molecular flexibility index (Phi) is 3.88. The third-order valence-corrected chi connectivity index (χ3v) is 4.96. The van der Waals surface area contributed by atoms with Crippen LogP contribution in [0, 0.1) is 0 Å². The van der Waals surface area contributed by atoms with E-state index < -0.39 is 22.2 Å². The third-order valence-electron chi connectivity index (χ3n) is 3.00. The van der Waals surface area contributed by atoms with E-state index in [1.807, 2.05) is 0 Å². The second-order valence-electron chi connectivity index (χ2n) is 4.27. The summed E-state index contributed by atoms with van der Waals surface area (Å²) in [5.74, 6) is -1.08. The number of sulfonamides is 1. The lowest BCUT2D eigenvalue weighted by molar-refractivity contribution is -0.0410. The Morgan fingerprint density at radius 1 is 1.37 bits per heavy atom. The van der Waals surface area contributed by atoms with Gasteiger partial charge in [-0.15, -0.1) is 0 Å². The molecule has 0 saturated carbocycles. The Morgan fingerprint density at radius 3 is 2.53 bits per heavy atom. The molecule has 104 valence electrons. The Morgan fingerprint density at radius 2 is 2.00 bits per heavy atom. The molecule has 0 radical (unpaired) electrons. The van der Waals surface area contributed by atoms with Crippen molar-refractivity contribution in [3.05, 3.63) is 29.8 Å². The van der Waals surface area contributed by atoms with Crippen LogP contribution in [0.25, 0.3) is 0 Å². The van der Waals surface area contributed by atoms with Crippen molar-refractivity contribution in [2.75, 3.05) is 13.2 Å². The molecule has 0 bridgehead atoms. The van der Waals surface area contributed by atoms with Crippen LogP contribution in [0.2, 0.25) is 0 Å². The second-order valence-corrected chi connectivity index (χ2v) is 6.16. The summed E-state index contributed by atoms with van der Waals surface area (Å²) in [6, 6.07) is 5.18. The number of hydrogen-bond acceptors (Lipinski definition) is 4. The molecule has 0 amide bonds. The van der Waals surface area contributed by atoms with E-state index in [1.54, 1.807) is 6.92 Å². The SMILES string of the molecule is CC1OCCCN1S(=O)(=O)c1ccc(C(=O)O)cc1. The molecule has 1 unspecified atom stereocenters. The van der Waals surface area contributed by atoms with Gasteiger partial charge in [0, 0.05) is 13.2 Å². The summed E-state index contributed by atoms with van der Waals surface area (Å²) in [4.78, 5) is 10.8. The first-order valence-corrected chi connectivity index (χ1v) is 7.34. The number of aromatic carboxylic acids is 1. The normalized spacial score (nSPS) is 21.2. The van der Waals surface area contributed by atoms with Gasteiger partial charge in [-0.2, -0.15) is 4.31 Å². The molecule has 0 aliphatic carbocycles. The number of carboxylic acids is 1. The van der Waals surface area contributed by atoms with E-state index in [-0.39, 0.29) is 10.5 Å². The molecular formula is C12H15NO5S. The van der Waals surface area contributed by atoms with Gasteiger partial charge in [0.15, 0.2) is 0 Å². The Balaban J connectivity index is 2.30. The van der Waals surface area contributed by atoms with Gasteiger partial charge in [0.25, 0.3) is 0 Å². The lowest BCUT2D eigenvalue weighted by Gasteiger charge is -2.32. The molecule has 7 heteroatoms. The van der Waals surface area contributed by atoms with Gasteiger partial charge in [-0.25, -0.2) is 13.2 Å². The Hall–Kier alpha value is -1.44. The number of carbonyl (C=O) groups is 1. The summed E-state index contributed by atoms with van der Waals surface area (Å²) in [5.41, 5.74) is 0.0573. The average Bonchev–Trinajstić information content (AvgIpc) is 2.39. The Bertz CT molecular complexity index is 566. The third kappa shape index (κ3) is 2.78. The summed E-state index contributed by atoms with van der Waals surface area (Å²) in [5, 5.41) is 8.79. The number of hydrogen-bond donors (Lipinski definition) is 1. The van der Waals surface area contributed by atoms with Crippen LogP contribution in [0.4, 0.5) is 0 Å². The number of carboxylic acid groups (broad SMARTS) is 1. The first-order chi connectivity index (χ1) is 8.93. The smallest absolute Gasteiger partial charge is 0.335 e. The van der Waals surface area contributed by atoms with E-state index >= 15 is 0 Å². The maximum absolute atomic E-state index is 12.4. The van der Waals surface area contributed by atoms with E-state index in [0.717, 1.165) is 0 Å². The van der Waals surface area contributed by atoms with Gasteiger partial charge in [0.05, 0.1) is 10.5 Å². The van der Waals surface area contributed by atoms with Crippen molar-refractivity contribution in [3.63, 3.8) is 0 Å². The van der Waals surface area contributed by atoms with E-state index in [9.17, 15) is 13.2 Å². The zero-order valence-electron chi connectivity index (χ0n) is 10.4. The minimum Gasteiger partial charge on any atom is -0.478 e. The van der Waals surface area contributed by atoms with Crippen molar-refractivity contribution in [2.24, 2.45) is 0 Å². The average molecular weight is 285 g/mol. The van der Waals surface area contributed by atoms with Crippen LogP contribution in [0.15, 0.2) is 29.2 Å². The first-order valence-electron chi connectivity index (χ1n) is 5.90.